The molecule has 0 spiro atoms. The number of benzene rings is 2. The SMILES string of the molecule is Cc1oc2nc1C(=O)N[C@@H](C(C)C)c1nc(c(C)n1Cc1ccccc1)C(=O)N[C@@H](C(C)C)c1nc(c(C)o1)C(=O)N[C@@H](C(C)C)c1nc(c(C)n1Cc1ccccc1)C(=O)N[C@H]2C(C)C. The number of hydrogen-bond acceptors (Lipinski definition) is 10. The van der Waals surface area contributed by atoms with Crippen molar-refractivity contribution in [2.75, 3.05) is 0 Å². The fourth-order valence-corrected chi connectivity index (χ4v) is 8.39. The van der Waals surface area contributed by atoms with E-state index >= 15 is 0 Å². The standard InChI is InChI=1S/C50H62N10O6/c1-25(2)35-43-51-39(29(9)59(43)23-33-19-15-13-16-20-33)45(61)55-38(28(7)8)50-58-42(32(12)66-50)48(64)54-36(26(3)4)44-52-40(30(10)60(44)24-34-21-17-14-18-22-34)46(62)56-37(27(5)6)49-57-41(31(11)65-49)47(63)53-35/h13-22,25-28,35-38H,23-24H2,1-12H3,(H,53,63)(H,54,64)(H,55,61)(H,56,62)/t35-,36-,37-,38-/m0/s1. The monoisotopic (exact) mass is 898 g/mol. The Balaban J connectivity index is 1.38. The molecule has 1 aliphatic heterocycles. The molecule has 0 saturated heterocycles. The molecule has 0 aliphatic carbocycles. The Hall–Kier alpha value is -6.84. The first-order valence-electron chi connectivity index (χ1n) is 22.7. The fraction of sp³-hybridized carbons (Fsp3) is 0.440. The van der Waals surface area contributed by atoms with Crippen molar-refractivity contribution < 1.29 is 28.0 Å². The summed E-state index contributed by atoms with van der Waals surface area (Å²) in [7, 11) is 0. The van der Waals surface area contributed by atoms with Crippen molar-refractivity contribution in [2.45, 2.75) is 120 Å². The average molecular weight is 899 g/mol. The van der Waals surface area contributed by atoms with Crippen molar-refractivity contribution in [3.8, 4) is 0 Å². The van der Waals surface area contributed by atoms with E-state index in [1.54, 1.807) is 13.8 Å². The maximum Gasteiger partial charge on any atom is 0.274 e. The van der Waals surface area contributed by atoms with Gasteiger partial charge in [-0.1, -0.05) is 116 Å². The largest absolute Gasteiger partial charge is 0.443 e. The molecular weight excluding hydrogens is 837 g/mol. The van der Waals surface area contributed by atoms with E-state index in [0.29, 0.717) is 36.1 Å². The summed E-state index contributed by atoms with van der Waals surface area (Å²) >= 11 is 0. The summed E-state index contributed by atoms with van der Waals surface area (Å²) < 4.78 is 16.3. The zero-order chi connectivity index (χ0) is 47.7. The highest BCUT2D eigenvalue weighted by Crippen LogP contribution is 2.32. The number of aryl methyl sites for hydroxylation is 2. The van der Waals surface area contributed by atoms with Crippen LogP contribution < -0.4 is 21.3 Å². The van der Waals surface area contributed by atoms with Gasteiger partial charge in [0.1, 0.15) is 46.6 Å². The van der Waals surface area contributed by atoms with Crippen LogP contribution in [0, 0.1) is 51.4 Å². The molecule has 0 unspecified atom stereocenters. The predicted octanol–water partition coefficient (Wildman–Crippen LogP) is 8.21. The molecule has 4 N–H and O–H groups in total. The van der Waals surface area contributed by atoms with Crippen LogP contribution in [0.25, 0.3) is 0 Å². The number of amides is 4. The molecule has 348 valence electrons. The van der Waals surface area contributed by atoms with E-state index in [1.165, 1.54) is 0 Å². The number of carbonyl (C=O) groups excluding carboxylic acids is 4. The Kier molecular flexibility index (Phi) is 13.8. The zero-order valence-electron chi connectivity index (χ0n) is 39.9. The van der Waals surface area contributed by atoms with Crippen molar-refractivity contribution in [1.29, 1.82) is 0 Å². The Morgan fingerprint density at radius 2 is 0.758 bits per heavy atom. The van der Waals surface area contributed by atoms with Crippen LogP contribution in [0.1, 0.15) is 179 Å². The maximum absolute atomic E-state index is 14.5. The number of rotatable bonds is 8. The van der Waals surface area contributed by atoms with Gasteiger partial charge in [-0.2, -0.15) is 0 Å². The predicted molar refractivity (Wildman–Crippen MR) is 248 cm³/mol. The number of hydrogen-bond donors (Lipinski definition) is 4. The molecule has 8 bridgehead atoms. The van der Waals surface area contributed by atoms with Gasteiger partial charge in [-0.25, -0.2) is 19.9 Å². The van der Waals surface area contributed by atoms with Gasteiger partial charge < -0.3 is 39.2 Å². The molecule has 6 aromatic rings. The smallest absolute Gasteiger partial charge is 0.274 e. The molecule has 0 saturated carbocycles. The molecule has 7 rings (SSSR count). The molecule has 0 radical (unpaired) electrons. The third kappa shape index (κ3) is 9.58. The highest BCUT2D eigenvalue weighted by molar-refractivity contribution is 5.96. The normalized spacial score (nSPS) is 18.7. The lowest BCUT2D eigenvalue weighted by molar-refractivity contribution is 0.0902. The second-order valence-corrected chi connectivity index (χ2v) is 18.6. The van der Waals surface area contributed by atoms with Gasteiger partial charge in [0.2, 0.25) is 11.8 Å². The van der Waals surface area contributed by atoms with Crippen molar-refractivity contribution in [3.63, 3.8) is 0 Å². The second kappa shape index (κ2) is 19.3. The summed E-state index contributed by atoms with van der Waals surface area (Å²) in [6, 6.07) is 16.7. The fourth-order valence-electron chi connectivity index (χ4n) is 8.39. The Morgan fingerprint density at radius 3 is 1.08 bits per heavy atom. The molecule has 5 heterocycles. The van der Waals surface area contributed by atoms with Gasteiger partial charge >= 0.3 is 0 Å². The number of nitrogens with zero attached hydrogens (tertiary/aromatic N) is 6. The van der Waals surface area contributed by atoms with Crippen LogP contribution in [0.5, 0.6) is 0 Å². The van der Waals surface area contributed by atoms with E-state index in [4.69, 9.17) is 28.8 Å². The highest BCUT2D eigenvalue weighted by Gasteiger charge is 2.36. The van der Waals surface area contributed by atoms with Crippen LogP contribution in [0.2, 0.25) is 0 Å². The lowest BCUT2D eigenvalue weighted by atomic mass is 10.0. The summed E-state index contributed by atoms with van der Waals surface area (Å²) in [6.07, 6.45) is 0. The van der Waals surface area contributed by atoms with E-state index in [1.807, 2.05) is 139 Å². The maximum atomic E-state index is 14.5. The van der Waals surface area contributed by atoms with Gasteiger partial charge in [0.05, 0.1) is 12.1 Å². The third-order valence-electron chi connectivity index (χ3n) is 12.3. The van der Waals surface area contributed by atoms with Crippen LogP contribution >= 0.6 is 0 Å². The van der Waals surface area contributed by atoms with Crippen LogP contribution in [-0.2, 0) is 13.1 Å². The van der Waals surface area contributed by atoms with Crippen LogP contribution in [-0.4, -0.2) is 52.7 Å². The molecule has 2 aromatic carbocycles. The second-order valence-electron chi connectivity index (χ2n) is 18.6. The summed E-state index contributed by atoms with van der Waals surface area (Å²) in [5.74, 6) is -0.967. The summed E-state index contributed by atoms with van der Waals surface area (Å²) in [5.41, 5.74) is 3.56. The Labute approximate surface area is 385 Å². The lowest BCUT2D eigenvalue weighted by Crippen LogP contribution is -2.35. The van der Waals surface area contributed by atoms with Gasteiger partial charge in [0.25, 0.3) is 23.6 Å². The van der Waals surface area contributed by atoms with Crippen LogP contribution in [0.15, 0.2) is 69.5 Å². The van der Waals surface area contributed by atoms with Crippen LogP contribution in [0.4, 0.5) is 0 Å². The lowest BCUT2D eigenvalue weighted by Gasteiger charge is -2.23. The summed E-state index contributed by atoms with van der Waals surface area (Å²) in [6.45, 7) is 23.3. The van der Waals surface area contributed by atoms with Gasteiger partial charge in [0, 0.05) is 24.5 Å². The molecule has 16 nitrogen and oxygen atoms in total. The van der Waals surface area contributed by atoms with Gasteiger partial charge in [-0.3, -0.25) is 19.2 Å². The number of aromatic nitrogens is 6. The number of carbonyl (C=O) groups is 4. The molecule has 1 aliphatic rings. The highest BCUT2D eigenvalue weighted by atomic mass is 16.4. The first kappa shape index (κ1) is 47.1. The number of oxazole rings is 2. The number of nitrogens with one attached hydrogen (secondary N) is 4. The van der Waals surface area contributed by atoms with Crippen molar-refractivity contribution in [2.24, 2.45) is 23.7 Å². The number of fused-ring (bicyclic) bond motifs is 8. The molecule has 16 heteroatoms. The topological polar surface area (TPSA) is 204 Å². The molecule has 4 atom stereocenters. The molecular formula is C50H62N10O6. The minimum atomic E-state index is -0.751. The Morgan fingerprint density at radius 1 is 0.455 bits per heavy atom. The van der Waals surface area contributed by atoms with Crippen molar-refractivity contribution >= 4 is 23.6 Å². The van der Waals surface area contributed by atoms with E-state index in [-0.39, 0.29) is 69.7 Å². The first-order valence-corrected chi connectivity index (χ1v) is 22.7. The van der Waals surface area contributed by atoms with Crippen molar-refractivity contribution in [3.05, 3.63) is 141 Å². The average Bonchev–Trinajstić information content (AvgIpc) is 4.03. The van der Waals surface area contributed by atoms with E-state index in [9.17, 15) is 19.2 Å². The van der Waals surface area contributed by atoms with Gasteiger partial charge in [0.15, 0.2) is 11.4 Å². The van der Waals surface area contributed by atoms with Gasteiger partial charge in [-0.05, 0) is 62.5 Å². The van der Waals surface area contributed by atoms with E-state index in [2.05, 4.69) is 21.3 Å². The molecule has 4 amide bonds. The number of imidazole rings is 2. The Bertz CT molecular complexity index is 2540. The van der Waals surface area contributed by atoms with Crippen molar-refractivity contribution in [1.82, 2.24) is 50.3 Å². The van der Waals surface area contributed by atoms with Crippen LogP contribution in [0.3, 0.4) is 0 Å². The summed E-state index contributed by atoms with van der Waals surface area (Å²) in [4.78, 5) is 77.2. The quantitative estimate of drug-likeness (QED) is 0.115. The van der Waals surface area contributed by atoms with E-state index in [0.717, 1.165) is 11.1 Å². The molecule has 0 fully saturated rings. The van der Waals surface area contributed by atoms with Gasteiger partial charge in [-0.15, -0.1) is 0 Å². The summed E-state index contributed by atoms with van der Waals surface area (Å²) in [5, 5.41) is 12.5. The third-order valence-corrected chi connectivity index (χ3v) is 12.3. The van der Waals surface area contributed by atoms with E-state index < -0.39 is 47.8 Å². The minimum Gasteiger partial charge on any atom is -0.443 e. The molecule has 4 aromatic heterocycles. The zero-order valence-corrected chi connectivity index (χ0v) is 39.9. The minimum absolute atomic E-state index is 0.0577. The molecule has 66 heavy (non-hydrogen) atoms. The first-order chi connectivity index (χ1) is 31.3.